The molecule has 1 aliphatic heterocycles. The molecule has 1 heterocycles. The van der Waals surface area contributed by atoms with Crippen LogP contribution < -0.4 is 5.32 Å². The highest BCUT2D eigenvalue weighted by atomic mass is 16.5. The van der Waals surface area contributed by atoms with E-state index in [4.69, 9.17) is 0 Å². The van der Waals surface area contributed by atoms with Crippen molar-refractivity contribution in [3.63, 3.8) is 0 Å². The van der Waals surface area contributed by atoms with Gasteiger partial charge < -0.3 is 15.0 Å². The lowest BCUT2D eigenvalue weighted by Gasteiger charge is -2.32. The summed E-state index contributed by atoms with van der Waals surface area (Å²) in [6.45, 7) is 8.91. The SMILES string of the molecule is COC(=O)N[C@H](C(=O)N1CCCC1C(C)C)C(C)C. The molecule has 0 aromatic carbocycles. The van der Waals surface area contributed by atoms with Gasteiger partial charge in [0.05, 0.1) is 7.11 Å². The quantitative estimate of drug-likeness (QED) is 0.850. The number of alkyl carbamates (subject to hydrolysis) is 1. The van der Waals surface area contributed by atoms with Crippen molar-refractivity contribution in [1.82, 2.24) is 10.2 Å². The van der Waals surface area contributed by atoms with Crippen LogP contribution in [-0.4, -0.2) is 42.6 Å². The fourth-order valence-electron chi connectivity index (χ4n) is 2.64. The molecule has 1 saturated heterocycles. The van der Waals surface area contributed by atoms with Crippen molar-refractivity contribution in [2.45, 2.75) is 52.6 Å². The molecule has 1 fully saturated rings. The highest BCUT2D eigenvalue weighted by molar-refractivity contribution is 5.86. The number of nitrogens with one attached hydrogen (secondary N) is 1. The summed E-state index contributed by atoms with van der Waals surface area (Å²) in [5.41, 5.74) is 0. The standard InChI is InChI=1S/C14H26N2O3/c1-9(2)11-7-6-8-16(11)13(17)12(10(3)4)15-14(18)19-5/h9-12H,6-8H2,1-5H3,(H,15,18)/t11?,12-/m0/s1. The first-order valence-electron chi connectivity index (χ1n) is 7.03. The van der Waals surface area contributed by atoms with Gasteiger partial charge in [-0.1, -0.05) is 27.7 Å². The fourth-order valence-corrected chi connectivity index (χ4v) is 2.64. The number of carbonyl (C=O) groups is 2. The Bertz CT molecular complexity index is 329. The normalized spacial score (nSPS) is 20.8. The van der Waals surface area contributed by atoms with Crippen molar-refractivity contribution in [2.75, 3.05) is 13.7 Å². The van der Waals surface area contributed by atoms with E-state index in [0.29, 0.717) is 5.92 Å². The van der Waals surface area contributed by atoms with Gasteiger partial charge in [-0.25, -0.2) is 4.79 Å². The molecule has 0 aromatic rings. The van der Waals surface area contributed by atoms with Gasteiger partial charge in [-0.05, 0) is 24.7 Å². The molecule has 1 aliphatic rings. The minimum Gasteiger partial charge on any atom is -0.453 e. The van der Waals surface area contributed by atoms with E-state index in [0.717, 1.165) is 19.4 Å². The van der Waals surface area contributed by atoms with E-state index in [1.807, 2.05) is 18.7 Å². The molecule has 110 valence electrons. The average Bonchev–Trinajstić information content (AvgIpc) is 2.83. The molecule has 0 aromatic heterocycles. The Balaban J connectivity index is 2.78. The number of hydrogen-bond acceptors (Lipinski definition) is 3. The summed E-state index contributed by atoms with van der Waals surface area (Å²) >= 11 is 0. The number of carbonyl (C=O) groups excluding carboxylic acids is 2. The van der Waals surface area contributed by atoms with Gasteiger partial charge in [-0.3, -0.25) is 4.79 Å². The summed E-state index contributed by atoms with van der Waals surface area (Å²) in [5, 5.41) is 2.65. The number of nitrogens with zero attached hydrogens (tertiary/aromatic N) is 1. The van der Waals surface area contributed by atoms with Crippen molar-refractivity contribution in [1.29, 1.82) is 0 Å². The zero-order chi connectivity index (χ0) is 14.6. The van der Waals surface area contributed by atoms with Gasteiger partial charge in [-0.2, -0.15) is 0 Å². The van der Waals surface area contributed by atoms with Gasteiger partial charge in [0.15, 0.2) is 0 Å². The van der Waals surface area contributed by atoms with Gasteiger partial charge in [0, 0.05) is 12.6 Å². The largest absolute Gasteiger partial charge is 0.453 e. The van der Waals surface area contributed by atoms with Crippen molar-refractivity contribution in [3.8, 4) is 0 Å². The number of methoxy groups -OCH3 is 1. The van der Waals surface area contributed by atoms with Gasteiger partial charge in [0.1, 0.15) is 6.04 Å². The van der Waals surface area contributed by atoms with Gasteiger partial charge in [0.2, 0.25) is 5.91 Å². The van der Waals surface area contributed by atoms with Crippen LogP contribution in [0.25, 0.3) is 0 Å². The van der Waals surface area contributed by atoms with Gasteiger partial charge >= 0.3 is 6.09 Å². The first-order valence-corrected chi connectivity index (χ1v) is 7.03. The second kappa shape index (κ2) is 6.78. The number of amides is 2. The molecule has 0 aliphatic carbocycles. The van der Waals surface area contributed by atoms with E-state index in [9.17, 15) is 9.59 Å². The summed E-state index contributed by atoms with van der Waals surface area (Å²) in [5.74, 6) is 0.494. The smallest absolute Gasteiger partial charge is 0.407 e. The summed E-state index contributed by atoms with van der Waals surface area (Å²) in [6.07, 6.45) is 1.54. The third-order valence-electron chi connectivity index (χ3n) is 3.74. The van der Waals surface area contributed by atoms with Crippen molar-refractivity contribution < 1.29 is 14.3 Å². The molecule has 2 atom stereocenters. The molecule has 0 spiro atoms. The average molecular weight is 270 g/mol. The van der Waals surface area contributed by atoms with Crippen LogP contribution >= 0.6 is 0 Å². The van der Waals surface area contributed by atoms with Crippen LogP contribution in [0.5, 0.6) is 0 Å². The predicted molar refractivity (Wildman–Crippen MR) is 73.7 cm³/mol. The number of ether oxygens (including phenoxy) is 1. The highest BCUT2D eigenvalue weighted by Gasteiger charge is 2.36. The Kier molecular flexibility index (Phi) is 5.63. The lowest BCUT2D eigenvalue weighted by molar-refractivity contribution is -0.136. The second-order valence-electron chi connectivity index (χ2n) is 5.84. The van der Waals surface area contributed by atoms with Crippen LogP contribution in [0.2, 0.25) is 0 Å². The number of hydrogen-bond donors (Lipinski definition) is 1. The second-order valence-corrected chi connectivity index (χ2v) is 5.84. The van der Waals surface area contributed by atoms with Gasteiger partial charge in [0.25, 0.3) is 0 Å². The summed E-state index contributed by atoms with van der Waals surface area (Å²) in [7, 11) is 1.31. The molecule has 1 rings (SSSR count). The molecule has 2 amide bonds. The van der Waals surface area contributed by atoms with E-state index in [-0.39, 0.29) is 17.9 Å². The molecule has 1 unspecified atom stereocenters. The molecule has 0 saturated carbocycles. The molecule has 0 bridgehead atoms. The van der Waals surface area contributed by atoms with E-state index >= 15 is 0 Å². The first kappa shape index (κ1) is 15.8. The van der Waals surface area contributed by atoms with Gasteiger partial charge in [-0.15, -0.1) is 0 Å². The number of rotatable bonds is 4. The lowest BCUT2D eigenvalue weighted by Crippen LogP contribution is -2.53. The third-order valence-corrected chi connectivity index (χ3v) is 3.74. The van der Waals surface area contributed by atoms with E-state index in [1.54, 1.807) is 0 Å². The fraction of sp³-hybridized carbons (Fsp3) is 0.857. The van der Waals surface area contributed by atoms with Crippen LogP contribution in [0.1, 0.15) is 40.5 Å². The highest BCUT2D eigenvalue weighted by Crippen LogP contribution is 2.25. The van der Waals surface area contributed by atoms with E-state index in [1.165, 1.54) is 7.11 Å². The Labute approximate surface area is 115 Å². The molecule has 19 heavy (non-hydrogen) atoms. The Morgan fingerprint density at radius 2 is 1.89 bits per heavy atom. The van der Waals surface area contributed by atoms with E-state index in [2.05, 4.69) is 23.9 Å². The minimum atomic E-state index is -0.549. The maximum atomic E-state index is 12.6. The molecular weight excluding hydrogens is 244 g/mol. The maximum Gasteiger partial charge on any atom is 0.407 e. The van der Waals surface area contributed by atoms with Crippen LogP contribution in [0, 0.1) is 11.8 Å². The molecule has 1 N–H and O–H groups in total. The summed E-state index contributed by atoms with van der Waals surface area (Å²) < 4.78 is 4.60. The molecular formula is C14H26N2O3. The first-order chi connectivity index (χ1) is 8.88. The molecule has 0 radical (unpaired) electrons. The Morgan fingerprint density at radius 3 is 2.37 bits per heavy atom. The lowest BCUT2D eigenvalue weighted by atomic mass is 9.99. The maximum absolute atomic E-state index is 12.6. The molecule has 5 heteroatoms. The van der Waals surface area contributed by atoms with Crippen molar-refractivity contribution in [2.24, 2.45) is 11.8 Å². The van der Waals surface area contributed by atoms with Crippen LogP contribution in [0.3, 0.4) is 0 Å². The zero-order valence-corrected chi connectivity index (χ0v) is 12.6. The van der Waals surface area contributed by atoms with Crippen LogP contribution in [-0.2, 0) is 9.53 Å². The monoisotopic (exact) mass is 270 g/mol. The Hall–Kier alpha value is -1.26. The van der Waals surface area contributed by atoms with Crippen molar-refractivity contribution >= 4 is 12.0 Å². The topological polar surface area (TPSA) is 58.6 Å². The summed E-state index contributed by atoms with van der Waals surface area (Å²) in [4.78, 5) is 25.9. The molecule has 5 nitrogen and oxygen atoms in total. The number of likely N-dealkylation sites (tertiary alicyclic amines) is 1. The zero-order valence-electron chi connectivity index (χ0n) is 12.6. The predicted octanol–water partition coefficient (Wildman–Crippen LogP) is 2.01. The van der Waals surface area contributed by atoms with E-state index < -0.39 is 12.1 Å². The van der Waals surface area contributed by atoms with Crippen LogP contribution in [0.15, 0.2) is 0 Å². The Morgan fingerprint density at radius 1 is 1.26 bits per heavy atom. The minimum absolute atomic E-state index is 0.0107. The summed E-state index contributed by atoms with van der Waals surface area (Å²) in [6, 6.07) is -0.222. The van der Waals surface area contributed by atoms with Crippen molar-refractivity contribution in [3.05, 3.63) is 0 Å². The van der Waals surface area contributed by atoms with Crippen LogP contribution in [0.4, 0.5) is 4.79 Å². The third kappa shape index (κ3) is 3.85.